The van der Waals surface area contributed by atoms with Crippen LogP contribution in [0.15, 0.2) is 176 Å². The van der Waals surface area contributed by atoms with Crippen molar-refractivity contribution in [2.24, 2.45) is 0 Å². The van der Waals surface area contributed by atoms with Gasteiger partial charge in [0.1, 0.15) is 0 Å². The summed E-state index contributed by atoms with van der Waals surface area (Å²) < 4.78 is 47.7. The molecule has 2 aliphatic rings. The smallest absolute Gasteiger partial charge is 0.309 e. The van der Waals surface area contributed by atoms with Gasteiger partial charge in [-0.2, -0.15) is 23.7 Å². The van der Waals surface area contributed by atoms with Crippen LogP contribution in [0.3, 0.4) is 0 Å². The number of alkyl halides is 3. The number of benzene rings is 9. The number of halogens is 3. The van der Waals surface area contributed by atoms with E-state index in [-0.39, 0.29) is 16.4 Å². The van der Waals surface area contributed by atoms with Crippen LogP contribution >= 0.6 is 0 Å². The second kappa shape index (κ2) is 14.4. The highest BCUT2D eigenvalue weighted by Crippen LogP contribution is 2.56. The maximum Gasteiger partial charge on any atom is 0.416 e. The van der Waals surface area contributed by atoms with E-state index in [0.29, 0.717) is 33.5 Å². The number of nitrogens with zero attached hydrogens (tertiary/aromatic N) is 4. The van der Waals surface area contributed by atoms with Gasteiger partial charge < -0.3 is 9.13 Å². The summed E-state index contributed by atoms with van der Waals surface area (Å²) in [6, 6.07) is 62.3. The van der Waals surface area contributed by atoms with Crippen molar-refractivity contribution in [1.82, 2.24) is 9.13 Å². The van der Waals surface area contributed by atoms with Gasteiger partial charge in [0.15, 0.2) is 0 Å². The van der Waals surface area contributed by atoms with Crippen molar-refractivity contribution in [2.75, 3.05) is 0 Å². The molecule has 0 N–H and O–H groups in total. The Morgan fingerprint density at radius 1 is 0.414 bits per heavy atom. The Morgan fingerprint density at radius 3 is 1.40 bits per heavy atom. The van der Waals surface area contributed by atoms with Crippen LogP contribution in [-0.4, -0.2) is 9.13 Å². The molecule has 4 nitrogen and oxygen atoms in total. The zero-order chi connectivity index (χ0) is 48.0. The second-order valence-electron chi connectivity index (χ2n) is 19.7. The Labute approximate surface area is 402 Å². The van der Waals surface area contributed by atoms with Gasteiger partial charge in [-0.3, -0.25) is 0 Å². The molecule has 2 aromatic heterocycles. The van der Waals surface area contributed by atoms with Crippen LogP contribution in [0.4, 0.5) is 13.2 Å². The van der Waals surface area contributed by atoms with Gasteiger partial charge in [-0.05, 0) is 105 Å². The van der Waals surface area contributed by atoms with Gasteiger partial charge >= 0.3 is 6.18 Å². The van der Waals surface area contributed by atoms with Crippen LogP contribution in [0.1, 0.15) is 66.6 Å². The number of fused-ring (bicyclic) bond motifs is 14. The minimum atomic E-state index is -4.67. The average molecular weight is 911 g/mol. The maximum absolute atomic E-state index is 14.4. The van der Waals surface area contributed by atoms with E-state index < -0.39 is 11.7 Å². The van der Waals surface area contributed by atoms with E-state index in [0.717, 1.165) is 61.4 Å². The first-order chi connectivity index (χ1) is 33.8. The Kier molecular flexibility index (Phi) is 8.56. The quantitative estimate of drug-likeness (QED) is 0.177. The summed E-state index contributed by atoms with van der Waals surface area (Å²) in [5.41, 5.74) is 15.6. The summed E-state index contributed by atoms with van der Waals surface area (Å²) in [4.78, 5) is 0. The van der Waals surface area contributed by atoms with Crippen molar-refractivity contribution in [3.05, 3.63) is 215 Å². The molecule has 2 aliphatic carbocycles. The zero-order valence-corrected chi connectivity index (χ0v) is 38.7. The molecule has 0 radical (unpaired) electrons. The SMILES string of the molecule is CC1(C)c2ccccc2-c2ccc3c(c21)c1ccccc1n3-c1cccc(C#N)c1-c1c(-c2ccc(C(F)(F)F)cc2C#N)cccc1-n1c2ccccc2c2c3c(ccc21)-c1ccccc1C3(C)C. The molecule has 13 rings (SSSR count). The number of nitriles is 2. The van der Waals surface area contributed by atoms with Gasteiger partial charge in [0.25, 0.3) is 0 Å². The van der Waals surface area contributed by atoms with E-state index in [1.807, 2.05) is 42.5 Å². The molecular formula is C63H41F3N4. The summed E-state index contributed by atoms with van der Waals surface area (Å²) in [5, 5.41) is 26.4. The topological polar surface area (TPSA) is 57.4 Å². The predicted molar refractivity (Wildman–Crippen MR) is 276 cm³/mol. The standard InChI is InChI=1S/C63H41F3N4/c1-61(2)47-21-9-5-16-40(47)43-29-31-53-57(59(43)61)45-18-7-11-23-49(45)69(53)51-25-13-15-36(34-67)55(51)56-42(39-28-27-38(63(64,65)66)33-37(39)35-68)20-14-26-52(56)70-50-24-12-8-19-46(50)58-54(70)32-30-44-41-17-6-10-22-48(41)62(3,4)60(44)58/h5-33H,1-4H3. The molecule has 0 fully saturated rings. The van der Waals surface area contributed by atoms with E-state index >= 15 is 0 Å². The number of hydrogen-bond acceptors (Lipinski definition) is 2. The highest BCUT2D eigenvalue weighted by atomic mass is 19.4. The normalized spacial score (nSPS) is 14.1. The molecule has 11 aromatic rings. The number of aromatic nitrogens is 2. The van der Waals surface area contributed by atoms with Gasteiger partial charge in [-0.1, -0.05) is 149 Å². The lowest BCUT2D eigenvalue weighted by atomic mass is 9.80. The Hall–Kier alpha value is -8.65. The van der Waals surface area contributed by atoms with Crippen LogP contribution in [0, 0.1) is 22.7 Å². The number of para-hydroxylation sites is 2. The lowest BCUT2D eigenvalue weighted by Gasteiger charge is -2.24. The molecule has 0 bridgehead atoms. The Morgan fingerprint density at radius 2 is 0.871 bits per heavy atom. The fourth-order valence-electron chi connectivity index (χ4n) is 12.5. The van der Waals surface area contributed by atoms with Crippen LogP contribution in [-0.2, 0) is 17.0 Å². The second-order valence-corrected chi connectivity index (χ2v) is 19.7. The molecule has 0 saturated carbocycles. The van der Waals surface area contributed by atoms with Crippen molar-refractivity contribution < 1.29 is 13.2 Å². The van der Waals surface area contributed by atoms with Crippen LogP contribution < -0.4 is 0 Å². The van der Waals surface area contributed by atoms with E-state index in [1.54, 1.807) is 6.07 Å². The van der Waals surface area contributed by atoms with Crippen molar-refractivity contribution in [2.45, 2.75) is 44.7 Å². The lowest BCUT2D eigenvalue weighted by Crippen LogP contribution is -2.15. The predicted octanol–water partition coefficient (Wildman–Crippen LogP) is 16.6. The van der Waals surface area contributed by atoms with Gasteiger partial charge in [0.2, 0.25) is 0 Å². The third kappa shape index (κ3) is 5.46. The van der Waals surface area contributed by atoms with Gasteiger partial charge in [0.05, 0.1) is 62.3 Å². The van der Waals surface area contributed by atoms with E-state index in [4.69, 9.17) is 0 Å². The Bertz CT molecular complexity index is 4200. The first kappa shape index (κ1) is 41.5. The van der Waals surface area contributed by atoms with Crippen LogP contribution in [0.25, 0.3) is 99.5 Å². The zero-order valence-electron chi connectivity index (χ0n) is 38.7. The molecular weight excluding hydrogens is 870 g/mol. The molecule has 0 amide bonds. The third-order valence-electron chi connectivity index (χ3n) is 15.4. The summed E-state index contributed by atoms with van der Waals surface area (Å²) in [7, 11) is 0. The summed E-state index contributed by atoms with van der Waals surface area (Å²) in [5.74, 6) is 0. The monoisotopic (exact) mass is 910 g/mol. The molecule has 0 saturated heterocycles. The molecule has 7 heteroatoms. The molecule has 9 aromatic carbocycles. The minimum Gasteiger partial charge on any atom is -0.309 e. The van der Waals surface area contributed by atoms with Crippen molar-refractivity contribution in [3.8, 4) is 68.0 Å². The molecule has 0 unspecified atom stereocenters. The van der Waals surface area contributed by atoms with Crippen molar-refractivity contribution >= 4 is 43.6 Å². The lowest BCUT2D eigenvalue weighted by molar-refractivity contribution is -0.137. The summed E-state index contributed by atoms with van der Waals surface area (Å²) >= 11 is 0. The van der Waals surface area contributed by atoms with Gasteiger partial charge in [-0.25, -0.2) is 0 Å². The minimum absolute atomic E-state index is 0.127. The molecule has 2 heterocycles. The Balaban J connectivity index is 1.18. The number of rotatable bonds is 4. The fraction of sp³-hybridized carbons (Fsp3) is 0.111. The highest BCUT2D eigenvalue weighted by molar-refractivity contribution is 6.17. The van der Waals surface area contributed by atoms with Crippen molar-refractivity contribution in [1.29, 1.82) is 10.5 Å². The average Bonchev–Trinajstić information content (AvgIpc) is 4.04. The molecule has 0 atom stereocenters. The van der Waals surface area contributed by atoms with Gasteiger partial charge in [0, 0.05) is 49.1 Å². The third-order valence-corrected chi connectivity index (χ3v) is 15.4. The van der Waals surface area contributed by atoms with Crippen LogP contribution in [0.2, 0.25) is 0 Å². The van der Waals surface area contributed by atoms with Crippen molar-refractivity contribution in [3.63, 3.8) is 0 Å². The largest absolute Gasteiger partial charge is 0.416 e. The van der Waals surface area contributed by atoms with E-state index in [1.165, 1.54) is 50.6 Å². The first-order valence-corrected chi connectivity index (χ1v) is 23.5. The highest BCUT2D eigenvalue weighted by Gasteiger charge is 2.40. The molecule has 0 spiro atoms. The van der Waals surface area contributed by atoms with E-state index in [2.05, 4.69) is 158 Å². The van der Waals surface area contributed by atoms with Gasteiger partial charge in [-0.15, -0.1) is 0 Å². The maximum atomic E-state index is 14.4. The summed E-state index contributed by atoms with van der Waals surface area (Å²) in [6.07, 6.45) is -4.67. The fourth-order valence-corrected chi connectivity index (χ4v) is 12.5. The number of hydrogen-bond donors (Lipinski definition) is 0. The molecule has 0 aliphatic heterocycles. The molecule has 334 valence electrons. The van der Waals surface area contributed by atoms with Crippen LogP contribution in [0.5, 0.6) is 0 Å². The van der Waals surface area contributed by atoms with E-state index in [9.17, 15) is 23.7 Å². The first-order valence-electron chi connectivity index (χ1n) is 23.5. The summed E-state index contributed by atoms with van der Waals surface area (Å²) in [6.45, 7) is 9.12. The molecule has 70 heavy (non-hydrogen) atoms.